The number of ether oxygens (including phenoxy) is 1. The summed E-state index contributed by atoms with van der Waals surface area (Å²) < 4.78 is 11.2. The minimum absolute atomic E-state index is 0.502. The molecule has 0 bridgehead atoms. The maximum absolute atomic E-state index is 5.88. The highest BCUT2D eigenvalue weighted by Gasteiger charge is 2.06. The predicted molar refractivity (Wildman–Crippen MR) is 97.4 cm³/mol. The first-order valence-corrected chi connectivity index (χ1v) is 8.36. The lowest BCUT2D eigenvalue weighted by atomic mass is 10.2. The predicted octanol–water partition coefficient (Wildman–Crippen LogP) is 3.22. The average molecular weight is 329 g/mol. The molecular weight excluding hydrogens is 302 g/mol. The van der Waals surface area contributed by atoms with Gasteiger partial charge < -0.3 is 19.8 Å². The van der Waals surface area contributed by atoms with Crippen molar-refractivity contribution in [3.8, 4) is 5.75 Å². The Morgan fingerprint density at radius 2 is 2.00 bits per heavy atom. The van der Waals surface area contributed by atoms with Crippen LogP contribution in [0.5, 0.6) is 5.75 Å². The number of para-hydroxylation sites is 1. The van der Waals surface area contributed by atoms with Gasteiger partial charge in [0.25, 0.3) is 0 Å². The van der Waals surface area contributed by atoms with E-state index in [-0.39, 0.29) is 0 Å². The van der Waals surface area contributed by atoms with E-state index in [4.69, 9.17) is 9.15 Å². The zero-order valence-electron chi connectivity index (χ0n) is 14.7. The molecule has 0 aliphatic carbocycles. The van der Waals surface area contributed by atoms with Gasteiger partial charge in [-0.3, -0.25) is 4.99 Å². The van der Waals surface area contributed by atoms with Crippen LogP contribution in [0.2, 0.25) is 0 Å². The van der Waals surface area contributed by atoms with Crippen LogP contribution in [0.25, 0.3) is 0 Å². The van der Waals surface area contributed by atoms with Crippen LogP contribution in [0.4, 0.5) is 0 Å². The molecule has 0 saturated heterocycles. The largest absolute Gasteiger partial charge is 0.493 e. The van der Waals surface area contributed by atoms with Crippen molar-refractivity contribution in [1.29, 1.82) is 0 Å². The standard InChI is InChI=1S/C19H27N3O2/c1-15(2)14-24-18-9-5-4-7-16(18)13-22-19(20-3)21-11-10-17-8-6-12-23-17/h4-9,12,15H,10-11,13-14H2,1-3H3,(H2,20,21,22). The van der Waals surface area contributed by atoms with Gasteiger partial charge in [-0.1, -0.05) is 32.0 Å². The number of nitrogens with zero attached hydrogens (tertiary/aromatic N) is 1. The van der Waals surface area contributed by atoms with Gasteiger partial charge >= 0.3 is 0 Å². The highest BCUT2D eigenvalue weighted by atomic mass is 16.5. The summed E-state index contributed by atoms with van der Waals surface area (Å²) in [6, 6.07) is 12.0. The third-order valence-corrected chi connectivity index (χ3v) is 3.46. The fraction of sp³-hybridized carbons (Fsp3) is 0.421. The van der Waals surface area contributed by atoms with Crippen molar-refractivity contribution >= 4 is 5.96 Å². The van der Waals surface area contributed by atoms with Gasteiger partial charge in [-0.15, -0.1) is 0 Å². The van der Waals surface area contributed by atoms with Gasteiger partial charge in [0.1, 0.15) is 11.5 Å². The number of benzene rings is 1. The molecule has 2 rings (SSSR count). The van der Waals surface area contributed by atoms with Gasteiger partial charge in [0, 0.05) is 32.1 Å². The minimum Gasteiger partial charge on any atom is -0.493 e. The van der Waals surface area contributed by atoms with Crippen LogP contribution in [-0.2, 0) is 13.0 Å². The molecule has 0 amide bonds. The Bertz CT molecular complexity index is 621. The second-order valence-corrected chi connectivity index (χ2v) is 5.99. The van der Waals surface area contributed by atoms with E-state index < -0.39 is 0 Å². The first kappa shape index (κ1) is 17.9. The number of hydrogen-bond acceptors (Lipinski definition) is 3. The third kappa shape index (κ3) is 5.99. The first-order chi connectivity index (χ1) is 11.7. The SMILES string of the molecule is CN=C(NCCc1ccco1)NCc1ccccc1OCC(C)C. The summed E-state index contributed by atoms with van der Waals surface area (Å²) in [7, 11) is 1.77. The monoisotopic (exact) mass is 329 g/mol. The highest BCUT2D eigenvalue weighted by Crippen LogP contribution is 2.18. The highest BCUT2D eigenvalue weighted by molar-refractivity contribution is 5.79. The molecule has 1 aromatic heterocycles. The van der Waals surface area contributed by atoms with Crippen molar-refractivity contribution in [3.05, 3.63) is 54.0 Å². The second kappa shape index (κ2) is 9.65. The molecule has 130 valence electrons. The molecule has 0 aliphatic rings. The molecule has 0 aliphatic heterocycles. The van der Waals surface area contributed by atoms with Gasteiger partial charge in [0.15, 0.2) is 5.96 Å². The molecular formula is C19H27N3O2. The van der Waals surface area contributed by atoms with Gasteiger partial charge in [0.05, 0.1) is 12.9 Å². The molecule has 0 atom stereocenters. The Kier molecular flexibility index (Phi) is 7.21. The minimum atomic E-state index is 0.502. The molecule has 5 nitrogen and oxygen atoms in total. The Labute approximate surface area is 144 Å². The second-order valence-electron chi connectivity index (χ2n) is 5.99. The van der Waals surface area contributed by atoms with Crippen LogP contribution in [0, 0.1) is 5.92 Å². The fourth-order valence-corrected chi connectivity index (χ4v) is 2.21. The number of furan rings is 1. The van der Waals surface area contributed by atoms with Crippen LogP contribution in [0.15, 0.2) is 52.1 Å². The average Bonchev–Trinajstić information content (AvgIpc) is 3.10. The topological polar surface area (TPSA) is 58.8 Å². The Morgan fingerprint density at radius 1 is 1.17 bits per heavy atom. The molecule has 5 heteroatoms. The lowest BCUT2D eigenvalue weighted by molar-refractivity contribution is 0.268. The van der Waals surface area contributed by atoms with Crippen molar-refractivity contribution in [3.63, 3.8) is 0 Å². The molecule has 2 N–H and O–H groups in total. The molecule has 24 heavy (non-hydrogen) atoms. The van der Waals surface area contributed by atoms with E-state index in [1.807, 2.05) is 30.3 Å². The van der Waals surface area contributed by atoms with Crippen LogP contribution < -0.4 is 15.4 Å². The molecule has 0 saturated carbocycles. The quantitative estimate of drug-likeness (QED) is 0.577. The Hall–Kier alpha value is -2.43. The van der Waals surface area contributed by atoms with Crippen molar-refractivity contribution < 1.29 is 9.15 Å². The number of rotatable bonds is 8. The smallest absolute Gasteiger partial charge is 0.191 e. The zero-order valence-corrected chi connectivity index (χ0v) is 14.7. The van der Waals surface area contributed by atoms with Gasteiger partial charge in [0.2, 0.25) is 0 Å². The van der Waals surface area contributed by atoms with Crippen LogP contribution >= 0.6 is 0 Å². The number of aliphatic imine (C=N–C) groups is 1. The van der Waals surface area contributed by atoms with Crippen molar-refractivity contribution in [1.82, 2.24) is 10.6 Å². The van der Waals surface area contributed by atoms with Gasteiger partial charge in [-0.2, -0.15) is 0 Å². The molecule has 0 unspecified atom stereocenters. The summed E-state index contributed by atoms with van der Waals surface area (Å²) in [6.45, 7) is 6.43. The first-order valence-electron chi connectivity index (χ1n) is 8.36. The number of hydrogen-bond donors (Lipinski definition) is 2. The molecule has 0 radical (unpaired) electrons. The third-order valence-electron chi connectivity index (χ3n) is 3.46. The van der Waals surface area contributed by atoms with Crippen molar-refractivity contribution in [2.24, 2.45) is 10.9 Å². The summed E-state index contributed by atoms with van der Waals surface area (Å²) in [6.07, 6.45) is 2.51. The molecule has 2 aromatic rings. The Morgan fingerprint density at radius 3 is 2.71 bits per heavy atom. The lowest BCUT2D eigenvalue weighted by Crippen LogP contribution is -2.37. The summed E-state index contributed by atoms with van der Waals surface area (Å²) in [4.78, 5) is 4.25. The summed E-state index contributed by atoms with van der Waals surface area (Å²) in [5, 5.41) is 6.61. The van der Waals surface area contributed by atoms with E-state index in [1.54, 1.807) is 13.3 Å². The summed E-state index contributed by atoms with van der Waals surface area (Å²) >= 11 is 0. The van der Waals surface area contributed by atoms with Crippen molar-refractivity contribution in [2.75, 3.05) is 20.2 Å². The Balaban J connectivity index is 1.82. The van der Waals surface area contributed by atoms with Crippen LogP contribution in [0.3, 0.4) is 0 Å². The van der Waals surface area contributed by atoms with Crippen molar-refractivity contribution in [2.45, 2.75) is 26.8 Å². The fourth-order valence-electron chi connectivity index (χ4n) is 2.21. The van der Waals surface area contributed by atoms with E-state index in [2.05, 4.69) is 35.5 Å². The van der Waals surface area contributed by atoms with E-state index in [0.717, 1.165) is 36.0 Å². The van der Waals surface area contributed by atoms with E-state index >= 15 is 0 Å². The number of nitrogens with one attached hydrogen (secondary N) is 2. The zero-order chi connectivity index (χ0) is 17.2. The van der Waals surface area contributed by atoms with E-state index in [9.17, 15) is 0 Å². The van der Waals surface area contributed by atoms with Crippen LogP contribution in [0.1, 0.15) is 25.2 Å². The molecule has 1 heterocycles. The lowest BCUT2D eigenvalue weighted by Gasteiger charge is -2.15. The summed E-state index contributed by atoms with van der Waals surface area (Å²) in [5.41, 5.74) is 1.12. The van der Waals surface area contributed by atoms with Gasteiger partial charge in [-0.05, 0) is 24.1 Å². The summed E-state index contributed by atoms with van der Waals surface area (Å²) in [5.74, 6) is 3.15. The molecule has 0 spiro atoms. The normalized spacial score (nSPS) is 11.6. The van der Waals surface area contributed by atoms with Gasteiger partial charge in [-0.25, -0.2) is 0 Å². The molecule has 0 fully saturated rings. The molecule has 1 aromatic carbocycles. The van der Waals surface area contributed by atoms with Crippen LogP contribution in [-0.4, -0.2) is 26.2 Å². The maximum atomic E-state index is 5.88. The van der Waals surface area contributed by atoms with E-state index in [0.29, 0.717) is 19.1 Å². The van der Waals surface area contributed by atoms with E-state index in [1.165, 1.54) is 0 Å². The number of guanidine groups is 1. The maximum Gasteiger partial charge on any atom is 0.191 e.